The van der Waals surface area contributed by atoms with Gasteiger partial charge in [-0.25, -0.2) is 9.97 Å². The average molecular weight is 282 g/mol. The second kappa shape index (κ2) is 5.80. The van der Waals surface area contributed by atoms with Gasteiger partial charge in [0.1, 0.15) is 0 Å². The van der Waals surface area contributed by atoms with Crippen molar-refractivity contribution in [2.75, 3.05) is 0 Å². The van der Waals surface area contributed by atoms with E-state index >= 15 is 0 Å². The number of nitrogens with zero attached hydrogens (tertiary/aromatic N) is 3. The van der Waals surface area contributed by atoms with E-state index < -0.39 is 0 Å². The first-order valence-corrected chi connectivity index (χ1v) is 6.66. The second-order valence-corrected chi connectivity index (χ2v) is 4.75. The molecule has 0 radical (unpaired) electrons. The van der Waals surface area contributed by atoms with Gasteiger partial charge in [-0.3, -0.25) is 4.98 Å². The van der Waals surface area contributed by atoms with Crippen molar-refractivity contribution in [3.63, 3.8) is 0 Å². The molecular formula is C16H12ClN3. The van der Waals surface area contributed by atoms with Gasteiger partial charge in [-0.05, 0) is 17.7 Å². The molecule has 0 aliphatic heterocycles. The first-order valence-electron chi connectivity index (χ1n) is 6.28. The molecule has 1 aromatic carbocycles. The molecule has 0 amide bonds. The van der Waals surface area contributed by atoms with Crippen LogP contribution in [0.2, 0.25) is 5.15 Å². The maximum atomic E-state index is 6.14. The molecule has 2 heterocycles. The Bertz CT molecular complexity index is 699. The highest BCUT2D eigenvalue weighted by Gasteiger charge is 2.08. The summed E-state index contributed by atoms with van der Waals surface area (Å²) in [5, 5.41) is 0.446. The Labute approximate surface area is 122 Å². The smallest absolute Gasteiger partial charge is 0.150 e. The van der Waals surface area contributed by atoms with Gasteiger partial charge in [-0.1, -0.05) is 41.9 Å². The third-order valence-electron chi connectivity index (χ3n) is 2.97. The van der Waals surface area contributed by atoms with Gasteiger partial charge < -0.3 is 0 Å². The molecular weight excluding hydrogens is 270 g/mol. The zero-order valence-electron chi connectivity index (χ0n) is 10.7. The predicted octanol–water partition coefficient (Wildman–Crippen LogP) is 3.78. The number of rotatable bonds is 3. The lowest BCUT2D eigenvalue weighted by molar-refractivity contribution is 1.03. The summed E-state index contributed by atoms with van der Waals surface area (Å²) in [5.74, 6) is 0. The van der Waals surface area contributed by atoms with Crippen molar-refractivity contribution in [3.8, 4) is 11.3 Å². The summed E-state index contributed by atoms with van der Waals surface area (Å²) in [7, 11) is 0. The minimum Gasteiger partial charge on any atom is -0.264 e. The second-order valence-electron chi connectivity index (χ2n) is 4.40. The number of hydrogen-bond acceptors (Lipinski definition) is 3. The molecule has 3 aromatic rings. The summed E-state index contributed by atoms with van der Waals surface area (Å²) in [5.41, 5.74) is 3.66. The van der Waals surface area contributed by atoms with Crippen LogP contribution in [0.1, 0.15) is 11.3 Å². The van der Waals surface area contributed by atoms with Crippen LogP contribution in [0.15, 0.2) is 61.1 Å². The molecule has 0 bridgehead atoms. The van der Waals surface area contributed by atoms with Crippen LogP contribution in [0.4, 0.5) is 0 Å². The van der Waals surface area contributed by atoms with Gasteiger partial charge >= 0.3 is 0 Å². The molecule has 0 saturated carbocycles. The van der Waals surface area contributed by atoms with E-state index in [1.165, 1.54) is 0 Å². The lowest BCUT2D eigenvalue weighted by Crippen LogP contribution is -1.98. The summed E-state index contributed by atoms with van der Waals surface area (Å²) in [6, 6.07) is 13.9. The maximum absolute atomic E-state index is 6.14. The van der Waals surface area contributed by atoms with Crippen molar-refractivity contribution < 1.29 is 0 Å². The topological polar surface area (TPSA) is 38.7 Å². The Morgan fingerprint density at radius 1 is 0.950 bits per heavy atom. The molecule has 0 fully saturated rings. The quantitative estimate of drug-likeness (QED) is 0.733. The number of hydrogen-bond donors (Lipinski definition) is 0. The van der Waals surface area contributed by atoms with Crippen LogP contribution in [0.25, 0.3) is 11.3 Å². The Hall–Kier alpha value is -2.26. The van der Waals surface area contributed by atoms with E-state index in [0.29, 0.717) is 11.6 Å². The van der Waals surface area contributed by atoms with Crippen LogP contribution in [-0.4, -0.2) is 15.0 Å². The third-order valence-corrected chi connectivity index (χ3v) is 3.28. The van der Waals surface area contributed by atoms with Gasteiger partial charge in [0.15, 0.2) is 5.15 Å². The Morgan fingerprint density at radius 3 is 2.55 bits per heavy atom. The van der Waals surface area contributed by atoms with Crippen LogP contribution in [0.5, 0.6) is 0 Å². The van der Waals surface area contributed by atoms with E-state index in [2.05, 4.69) is 27.1 Å². The molecule has 3 nitrogen and oxygen atoms in total. The molecule has 98 valence electrons. The SMILES string of the molecule is Clc1ncc(-c2cccnc2)nc1Cc1ccccc1. The molecule has 0 spiro atoms. The Kier molecular flexibility index (Phi) is 3.70. The summed E-state index contributed by atoms with van der Waals surface area (Å²) < 4.78 is 0. The molecule has 3 rings (SSSR count). The first-order chi connectivity index (χ1) is 9.83. The highest BCUT2D eigenvalue weighted by Crippen LogP contribution is 2.20. The molecule has 0 aliphatic carbocycles. The van der Waals surface area contributed by atoms with E-state index in [4.69, 9.17) is 11.6 Å². The van der Waals surface area contributed by atoms with E-state index in [1.807, 2.05) is 30.3 Å². The molecule has 0 aliphatic rings. The fraction of sp³-hybridized carbons (Fsp3) is 0.0625. The molecule has 2 aromatic heterocycles. The zero-order valence-corrected chi connectivity index (χ0v) is 11.5. The van der Waals surface area contributed by atoms with Crippen molar-refractivity contribution in [2.45, 2.75) is 6.42 Å². The molecule has 4 heteroatoms. The average Bonchev–Trinajstić information content (AvgIpc) is 2.51. The van der Waals surface area contributed by atoms with Crippen LogP contribution in [0.3, 0.4) is 0 Å². The molecule has 0 unspecified atom stereocenters. The Morgan fingerprint density at radius 2 is 1.80 bits per heavy atom. The zero-order chi connectivity index (χ0) is 13.8. The predicted molar refractivity (Wildman–Crippen MR) is 79.5 cm³/mol. The number of pyridine rings is 1. The van der Waals surface area contributed by atoms with Gasteiger partial charge in [0.05, 0.1) is 17.6 Å². The van der Waals surface area contributed by atoms with Crippen LogP contribution in [0, 0.1) is 0 Å². The maximum Gasteiger partial charge on any atom is 0.150 e. The van der Waals surface area contributed by atoms with E-state index in [-0.39, 0.29) is 0 Å². The molecule has 0 atom stereocenters. The highest BCUT2D eigenvalue weighted by atomic mass is 35.5. The Balaban J connectivity index is 1.95. The standard InChI is InChI=1S/C16H12ClN3/c17-16-14(9-12-5-2-1-3-6-12)20-15(11-19-16)13-7-4-8-18-10-13/h1-8,10-11H,9H2. The van der Waals surface area contributed by atoms with Gasteiger partial charge in [0.2, 0.25) is 0 Å². The van der Waals surface area contributed by atoms with Crippen molar-refractivity contribution in [1.82, 2.24) is 15.0 Å². The van der Waals surface area contributed by atoms with Gasteiger partial charge in [-0.15, -0.1) is 0 Å². The van der Waals surface area contributed by atoms with E-state index in [0.717, 1.165) is 22.5 Å². The molecule has 20 heavy (non-hydrogen) atoms. The minimum atomic E-state index is 0.446. The van der Waals surface area contributed by atoms with E-state index in [1.54, 1.807) is 18.6 Å². The van der Waals surface area contributed by atoms with Gasteiger partial charge in [0, 0.05) is 24.4 Å². The van der Waals surface area contributed by atoms with Crippen molar-refractivity contribution in [1.29, 1.82) is 0 Å². The fourth-order valence-corrected chi connectivity index (χ4v) is 2.13. The molecule has 0 saturated heterocycles. The van der Waals surface area contributed by atoms with Crippen LogP contribution >= 0.6 is 11.6 Å². The van der Waals surface area contributed by atoms with Crippen molar-refractivity contribution >= 4 is 11.6 Å². The van der Waals surface area contributed by atoms with Gasteiger partial charge in [-0.2, -0.15) is 0 Å². The third kappa shape index (κ3) is 2.83. The number of aromatic nitrogens is 3. The van der Waals surface area contributed by atoms with Crippen molar-refractivity contribution in [3.05, 3.63) is 77.5 Å². The van der Waals surface area contributed by atoms with Gasteiger partial charge in [0.25, 0.3) is 0 Å². The van der Waals surface area contributed by atoms with Crippen LogP contribution < -0.4 is 0 Å². The summed E-state index contributed by atoms with van der Waals surface area (Å²) in [6.45, 7) is 0. The van der Waals surface area contributed by atoms with Crippen LogP contribution in [-0.2, 0) is 6.42 Å². The molecule has 0 N–H and O–H groups in total. The summed E-state index contributed by atoms with van der Waals surface area (Å²) in [6.07, 6.45) is 5.84. The number of benzene rings is 1. The summed E-state index contributed by atoms with van der Waals surface area (Å²) in [4.78, 5) is 12.9. The normalized spacial score (nSPS) is 10.4. The first kappa shape index (κ1) is 12.8. The number of halogens is 1. The lowest BCUT2D eigenvalue weighted by atomic mass is 10.1. The highest BCUT2D eigenvalue weighted by molar-refractivity contribution is 6.30. The van der Waals surface area contributed by atoms with Crippen molar-refractivity contribution in [2.24, 2.45) is 0 Å². The summed E-state index contributed by atoms with van der Waals surface area (Å²) >= 11 is 6.14. The van der Waals surface area contributed by atoms with E-state index in [9.17, 15) is 0 Å². The minimum absolute atomic E-state index is 0.446. The monoisotopic (exact) mass is 281 g/mol. The fourth-order valence-electron chi connectivity index (χ4n) is 1.97. The largest absolute Gasteiger partial charge is 0.264 e. The lowest BCUT2D eigenvalue weighted by Gasteiger charge is -2.06.